The van der Waals surface area contributed by atoms with Gasteiger partial charge in [0.05, 0.1) is 17.7 Å². The first-order chi connectivity index (χ1) is 12.7. The summed E-state index contributed by atoms with van der Waals surface area (Å²) in [5.41, 5.74) is 2.45. The number of thiazole rings is 1. The summed E-state index contributed by atoms with van der Waals surface area (Å²) >= 11 is 3.16. The smallest absolute Gasteiger partial charge is 0.263 e. The van der Waals surface area contributed by atoms with Crippen LogP contribution in [-0.2, 0) is 0 Å². The van der Waals surface area contributed by atoms with Gasteiger partial charge < -0.3 is 16.0 Å². The van der Waals surface area contributed by atoms with Gasteiger partial charge in [-0.05, 0) is 26.0 Å². The molecule has 2 aromatic rings. The number of aliphatic imine (C=N–C) groups is 1. The van der Waals surface area contributed by atoms with Gasteiger partial charge in [-0.1, -0.05) is 18.2 Å². The van der Waals surface area contributed by atoms with E-state index in [1.807, 2.05) is 32.0 Å². The number of aromatic nitrogens is 1. The Kier molecular flexibility index (Phi) is 8.99. The van der Waals surface area contributed by atoms with Crippen LogP contribution < -0.4 is 16.0 Å². The maximum atomic E-state index is 12.0. The number of nitrogens with one attached hydrogen (secondary N) is 3. The third kappa shape index (κ3) is 7.05. The molecule has 0 unspecified atom stereocenters. The second-order valence-electron chi connectivity index (χ2n) is 5.37. The lowest BCUT2D eigenvalue weighted by Crippen LogP contribution is -2.39. The molecule has 0 saturated carbocycles. The molecule has 0 spiro atoms. The molecule has 0 aliphatic rings. The van der Waals surface area contributed by atoms with Crippen LogP contribution in [0.5, 0.6) is 0 Å². The average molecular weight is 392 g/mol. The summed E-state index contributed by atoms with van der Waals surface area (Å²) in [5, 5.41) is 9.41. The van der Waals surface area contributed by atoms with Crippen molar-refractivity contribution >= 4 is 35.0 Å². The van der Waals surface area contributed by atoms with Crippen molar-refractivity contribution in [3.8, 4) is 0 Å². The molecule has 0 atom stereocenters. The van der Waals surface area contributed by atoms with Gasteiger partial charge in [-0.15, -0.1) is 23.1 Å². The van der Waals surface area contributed by atoms with E-state index in [1.165, 1.54) is 16.2 Å². The molecule has 1 heterocycles. The SMILES string of the molecule is CCNC(=NCCNC(=O)c1scnc1C)NCCSc1ccccc1. The van der Waals surface area contributed by atoms with Crippen molar-refractivity contribution in [1.29, 1.82) is 0 Å². The molecule has 3 N–H and O–H groups in total. The highest BCUT2D eigenvalue weighted by molar-refractivity contribution is 7.99. The van der Waals surface area contributed by atoms with Gasteiger partial charge in [-0.2, -0.15) is 0 Å². The third-order valence-corrected chi connectivity index (χ3v) is 5.31. The van der Waals surface area contributed by atoms with Gasteiger partial charge in [0.25, 0.3) is 5.91 Å². The first-order valence-electron chi connectivity index (χ1n) is 8.59. The summed E-state index contributed by atoms with van der Waals surface area (Å²) in [4.78, 5) is 22.5. The molecule has 8 heteroatoms. The predicted molar refractivity (Wildman–Crippen MR) is 110 cm³/mol. The summed E-state index contributed by atoms with van der Waals surface area (Å²) in [6.07, 6.45) is 0. The van der Waals surface area contributed by atoms with Crippen molar-refractivity contribution < 1.29 is 4.79 Å². The largest absolute Gasteiger partial charge is 0.357 e. The van der Waals surface area contributed by atoms with Crippen LogP contribution in [-0.4, -0.2) is 48.8 Å². The molecule has 0 aliphatic heterocycles. The monoisotopic (exact) mass is 391 g/mol. The van der Waals surface area contributed by atoms with Crippen LogP contribution in [0.15, 0.2) is 45.7 Å². The predicted octanol–water partition coefficient (Wildman–Crippen LogP) is 2.53. The molecular formula is C18H25N5OS2. The number of benzene rings is 1. The molecule has 1 aromatic heterocycles. The van der Waals surface area contributed by atoms with E-state index in [9.17, 15) is 4.79 Å². The zero-order chi connectivity index (χ0) is 18.6. The van der Waals surface area contributed by atoms with Crippen LogP contribution in [0.4, 0.5) is 0 Å². The summed E-state index contributed by atoms with van der Waals surface area (Å²) in [7, 11) is 0. The van der Waals surface area contributed by atoms with Gasteiger partial charge in [0, 0.05) is 30.3 Å². The molecule has 140 valence electrons. The third-order valence-electron chi connectivity index (χ3n) is 3.37. The van der Waals surface area contributed by atoms with Crippen molar-refractivity contribution in [2.75, 3.05) is 31.9 Å². The molecule has 2 rings (SSSR count). The molecule has 0 saturated heterocycles. The van der Waals surface area contributed by atoms with Gasteiger partial charge in [-0.25, -0.2) is 4.98 Å². The quantitative estimate of drug-likeness (QED) is 0.265. The van der Waals surface area contributed by atoms with Crippen LogP contribution in [0, 0.1) is 6.92 Å². The topological polar surface area (TPSA) is 78.4 Å². The molecule has 0 fully saturated rings. The van der Waals surface area contributed by atoms with E-state index in [1.54, 1.807) is 17.3 Å². The fourth-order valence-corrected chi connectivity index (χ4v) is 3.64. The van der Waals surface area contributed by atoms with E-state index in [0.29, 0.717) is 18.0 Å². The number of carbonyl (C=O) groups excluding carboxylic acids is 1. The second-order valence-corrected chi connectivity index (χ2v) is 7.39. The van der Waals surface area contributed by atoms with Crippen LogP contribution >= 0.6 is 23.1 Å². The number of hydrogen-bond donors (Lipinski definition) is 3. The lowest BCUT2D eigenvalue weighted by molar-refractivity contribution is 0.0958. The number of aryl methyl sites for hydroxylation is 1. The molecule has 6 nitrogen and oxygen atoms in total. The Hall–Kier alpha value is -2.06. The minimum absolute atomic E-state index is 0.0857. The van der Waals surface area contributed by atoms with Crippen LogP contribution in [0.3, 0.4) is 0 Å². The minimum Gasteiger partial charge on any atom is -0.357 e. The number of thioether (sulfide) groups is 1. The molecule has 26 heavy (non-hydrogen) atoms. The Morgan fingerprint density at radius 1 is 1.19 bits per heavy atom. The molecule has 1 aromatic carbocycles. The average Bonchev–Trinajstić information content (AvgIpc) is 3.09. The number of rotatable bonds is 9. The standard InChI is InChI=1S/C18H25N5OS2/c1-3-19-18(22-11-12-25-15-7-5-4-6-8-15)21-10-9-20-17(24)16-14(2)23-13-26-16/h4-8,13H,3,9-12H2,1-2H3,(H,20,24)(H2,19,21,22). The summed E-state index contributed by atoms with van der Waals surface area (Å²) < 4.78 is 0. The lowest BCUT2D eigenvalue weighted by atomic mass is 10.4. The Bertz CT molecular complexity index is 703. The zero-order valence-electron chi connectivity index (χ0n) is 15.1. The van der Waals surface area contributed by atoms with Crippen molar-refractivity contribution in [3.05, 3.63) is 46.4 Å². The first kappa shape index (κ1) is 20.3. The van der Waals surface area contributed by atoms with Crippen molar-refractivity contribution in [3.63, 3.8) is 0 Å². The van der Waals surface area contributed by atoms with Crippen molar-refractivity contribution in [2.24, 2.45) is 4.99 Å². The van der Waals surface area contributed by atoms with E-state index in [-0.39, 0.29) is 5.91 Å². The van der Waals surface area contributed by atoms with Gasteiger partial charge in [0.1, 0.15) is 4.88 Å². The van der Waals surface area contributed by atoms with Gasteiger partial charge in [-0.3, -0.25) is 9.79 Å². The maximum absolute atomic E-state index is 12.0. The highest BCUT2D eigenvalue weighted by Gasteiger charge is 2.10. The van der Waals surface area contributed by atoms with Crippen molar-refractivity contribution in [1.82, 2.24) is 20.9 Å². The lowest BCUT2D eigenvalue weighted by Gasteiger charge is -2.11. The fourth-order valence-electron chi connectivity index (χ4n) is 2.13. The van der Waals surface area contributed by atoms with Gasteiger partial charge >= 0.3 is 0 Å². The normalized spacial score (nSPS) is 11.2. The first-order valence-corrected chi connectivity index (χ1v) is 10.5. The molecule has 0 aliphatic carbocycles. The Balaban J connectivity index is 1.68. The molecular weight excluding hydrogens is 366 g/mol. The van der Waals surface area contributed by atoms with Crippen molar-refractivity contribution in [2.45, 2.75) is 18.7 Å². The Labute approximate surface area is 162 Å². The van der Waals surface area contributed by atoms with Gasteiger partial charge in [0.2, 0.25) is 0 Å². The number of carbonyl (C=O) groups is 1. The maximum Gasteiger partial charge on any atom is 0.263 e. The second kappa shape index (κ2) is 11.5. The van der Waals surface area contributed by atoms with E-state index in [2.05, 4.69) is 38.1 Å². The summed E-state index contributed by atoms with van der Waals surface area (Å²) in [6, 6.07) is 10.3. The molecule has 0 radical (unpaired) electrons. The van der Waals surface area contributed by atoms with Gasteiger partial charge in [0.15, 0.2) is 5.96 Å². The zero-order valence-corrected chi connectivity index (χ0v) is 16.8. The van der Waals surface area contributed by atoms with Crippen LogP contribution in [0.25, 0.3) is 0 Å². The van der Waals surface area contributed by atoms with E-state index in [0.717, 1.165) is 30.5 Å². The summed E-state index contributed by atoms with van der Waals surface area (Å²) in [5.74, 6) is 1.64. The minimum atomic E-state index is -0.0857. The molecule has 1 amide bonds. The fraction of sp³-hybridized carbons (Fsp3) is 0.389. The Morgan fingerprint density at radius 3 is 2.69 bits per heavy atom. The van der Waals surface area contributed by atoms with E-state index in [4.69, 9.17) is 0 Å². The molecule has 0 bridgehead atoms. The van der Waals surface area contributed by atoms with E-state index >= 15 is 0 Å². The summed E-state index contributed by atoms with van der Waals surface area (Å²) in [6.45, 7) is 6.49. The number of guanidine groups is 1. The van der Waals surface area contributed by atoms with E-state index < -0.39 is 0 Å². The highest BCUT2D eigenvalue weighted by atomic mass is 32.2. The number of amides is 1. The van der Waals surface area contributed by atoms with Crippen LogP contribution in [0.2, 0.25) is 0 Å². The van der Waals surface area contributed by atoms with Crippen LogP contribution in [0.1, 0.15) is 22.3 Å². The number of nitrogens with zero attached hydrogens (tertiary/aromatic N) is 2. The highest BCUT2D eigenvalue weighted by Crippen LogP contribution is 2.15. The number of hydrogen-bond acceptors (Lipinski definition) is 5. The Morgan fingerprint density at radius 2 is 2.00 bits per heavy atom.